The van der Waals surface area contributed by atoms with Gasteiger partial charge in [-0.05, 0) is 60.9 Å². The van der Waals surface area contributed by atoms with Gasteiger partial charge in [0.1, 0.15) is 5.60 Å². The van der Waals surface area contributed by atoms with E-state index in [0.717, 1.165) is 53.5 Å². The predicted molar refractivity (Wildman–Crippen MR) is 163 cm³/mol. The normalized spacial score (nSPS) is 18.7. The number of hydrogen-bond acceptors (Lipinski definition) is 6. The highest BCUT2D eigenvalue weighted by molar-refractivity contribution is 6.36. The molecule has 220 valence electrons. The lowest BCUT2D eigenvalue weighted by Gasteiger charge is -2.42. The van der Waals surface area contributed by atoms with E-state index in [1.165, 1.54) is 0 Å². The summed E-state index contributed by atoms with van der Waals surface area (Å²) in [6.07, 6.45) is 7.31. The van der Waals surface area contributed by atoms with Gasteiger partial charge >= 0.3 is 0 Å². The Hall–Kier alpha value is -3.46. The Balaban J connectivity index is 1.33. The van der Waals surface area contributed by atoms with Gasteiger partial charge in [-0.1, -0.05) is 48.0 Å². The average Bonchev–Trinajstić information content (AvgIpc) is 3.58. The number of halogens is 1. The third-order valence-electron chi connectivity index (χ3n) is 9.19. The van der Waals surface area contributed by atoms with Gasteiger partial charge in [0.15, 0.2) is 0 Å². The SMILES string of the molecule is COc1nc2ccc([C@@](O)(c3ccccc3)C3CCN(C(C)=O)CC3)cc2c(Cl)c1CN1CCC(n2cccn2)CC1. The number of ether oxygens (including phenoxy) is 1. The zero-order chi connectivity index (χ0) is 29.3. The predicted octanol–water partition coefficient (Wildman–Crippen LogP) is 5.42. The van der Waals surface area contributed by atoms with E-state index in [2.05, 4.69) is 14.7 Å². The molecule has 2 aliphatic rings. The summed E-state index contributed by atoms with van der Waals surface area (Å²) in [5.74, 6) is 0.546. The van der Waals surface area contributed by atoms with Crippen LogP contribution in [0.3, 0.4) is 0 Å². The molecule has 2 aromatic heterocycles. The quantitative estimate of drug-likeness (QED) is 0.311. The second-order valence-corrected chi connectivity index (χ2v) is 11.9. The molecule has 0 bridgehead atoms. The van der Waals surface area contributed by atoms with Gasteiger partial charge in [-0.3, -0.25) is 14.4 Å². The van der Waals surface area contributed by atoms with Crippen molar-refractivity contribution in [2.75, 3.05) is 33.3 Å². The molecule has 0 unspecified atom stereocenters. The fraction of sp³-hybridized carbons (Fsp3) is 0.424. The smallest absolute Gasteiger partial charge is 0.219 e. The Bertz CT molecular complexity index is 1530. The lowest BCUT2D eigenvalue weighted by atomic mass is 9.72. The number of likely N-dealkylation sites (tertiary alicyclic amines) is 2. The van der Waals surface area contributed by atoms with Crippen molar-refractivity contribution >= 4 is 28.4 Å². The van der Waals surface area contributed by atoms with E-state index in [1.54, 1.807) is 14.0 Å². The molecule has 2 aromatic carbocycles. The number of benzene rings is 2. The number of nitrogens with zero attached hydrogens (tertiary/aromatic N) is 5. The number of aliphatic hydroxyl groups is 1. The van der Waals surface area contributed by atoms with E-state index < -0.39 is 5.60 Å². The minimum absolute atomic E-state index is 0.0616. The zero-order valence-corrected chi connectivity index (χ0v) is 25.0. The van der Waals surface area contributed by atoms with Crippen molar-refractivity contribution in [2.24, 2.45) is 5.92 Å². The van der Waals surface area contributed by atoms with E-state index in [-0.39, 0.29) is 11.8 Å². The van der Waals surface area contributed by atoms with Gasteiger partial charge in [-0.15, -0.1) is 0 Å². The zero-order valence-electron chi connectivity index (χ0n) is 24.2. The van der Waals surface area contributed by atoms with Crippen molar-refractivity contribution in [3.63, 3.8) is 0 Å². The maximum atomic E-state index is 12.6. The van der Waals surface area contributed by atoms with Crippen LogP contribution in [-0.4, -0.2) is 68.9 Å². The number of rotatable bonds is 7. The van der Waals surface area contributed by atoms with E-state index in [9.17, 15) is 9.90 Å². The summed E-state index contributed by atoms with van der Waals surface area (Å²) in [5.41, 5.74) is 1.96. The number of piperidine rings is 2. The molecule has 2 saturated heterocycles. The van der Waals surface area contributed by atoms with Crippen LogP contribution in [0.1, 0.15) is 55.3 Å². The molecule has 8 nitrogen and oxygen atoms in total. The van der Waals surface area contributed by atoms with Crippen LogP contribution in [0.4, 0.5) is 0 Å². The van der Waals surface area contributed by atoms with Gasteiger partial charge in [0.2, 0.25) is 11.8 Å². The number of carbonyl (C=O) groups is 1. The molecule has 42 heavy (non-hydrogen) atoms. The molecule has 2 aliphatic heterocycles. The van der Waals surface area contributed by atoms with Crippen LogP contribution in [0.5, 0.6) is 5.88 Å². The van der Waals surface area contributed by atoms with Crippen LogP contribution >= 0.6 is 11.6 Å². The number of hydrogen-bond donors (Lipinski definition) is 1. The molecule has 0 spiro atoms. The number of methoxy groups -OCH3 is 1. The second kappa shape index (κ2) is 12.0. The minimum Gasteiger partial charge on any atom is -0.481 e. The molecule has 9 heteroatoms. The van der Waals surface area contributed by atoms with Gasteiger partial charge in [0.05, 0.1) is 23.7 Å². The monoisotopic (exact) mass is 587 g/mol. The second-order valence-electron chi connectivity index (χ2n) is 11.6. The summed E-state index contributed by atoms with van der Waals surface area (Å²) in [4.78, 5) is 21.1. The molecular weight excluding hydrogens is 550 g/mol. The first kappa shape index (κ1) is 28.6. The summed E-state index contributed by atoms with van der Waals surface area (Å²) in [6.45, 7) is 5.35. The van der Waals surface area contributed by atoms with Crippen LogP contribution < -0.4 is 4.74 Å². The molecule has 1 amide bonds. The van der Waals surface area contributed by atoms with Crippen molar-refractivity contribution < 1.29 is 14.6 Å². The molecule has 0 aliphatic carbocycles. The molecule has 0 saturated carbocycles. The van der Waals surface area contributed by atoms with Crippen LogP contribution in [-0.2, 0) is 16.9 Å². The van der Waals surface area contributed by atoms with Crippen LogP contribution in [0.2, 0.25) is 5.02 Å². The van der Waals surface area contributed by atoms with Gasteiger partial charge in [-0.2, -0.15) is 5.10 Å². The minimum atomic E-state index is -1.24. The van der Waals surface area contributed by atoms with Crippen LogP contribution in [0.15, 0.2) is 67.0 Å². The fourth-order valence-corrected chi connectivity index (χ4v) is 7.08. The van der Waals surface area contributed by atoms with Crippen molar-refractivity contribution in [2.45, 2.75) is 50.8 Å². The average molecular weight is 588 g/mol. The van der Waals surface area contributed by atoms with Gasteiger partial charge < -0.3 is 14.7 Å². The van der Waals surface area contributed by atoms with Crippen molar-refractivity contribution in [3.05, 3.63) is 88.7 Å². The highest BCUT2D eigenvalue weighted by atomic mass is 35.5. The molecule has 4 heterocycles. The Morgan fingerprint density at radius 1 is 1.02 bits per heavy atom. The first-order chi connectivity index (χ1) is 20.4. The van der Waals surface area contributed by atoms with Crippen molar-refractivity contribution in [1.82, 2.24) is 24.6 Å². The van der Waals surface area contributed by atoms with E-state index in [1.807, 2.05) is 71.9 Å². The third-order valence-corrected chi connectivity index (χ3v) is 9.63. The molecule has 1 atom stereocenters. The molecule has 6 rings (SSSR count). The first-order valence-electron chi connectivity index (χ1n) is 14.8. The Labute approximate surface area is 251 Å². The van der Waals surface area contributed by atoms with Gasteiger partial charge in [0, 0.05) is 63.0 Å². The Morgan fingerprint density at radius 2 is 1.76 bits per heavy atom. The maximum Gasteiger partial charge on any atom is 0.219 e. The number of fused-ring (bicyclic) bond motifs is 1. The Morgan fingerprint density at radius 3 is 2.40 bits per heavy atom. The summed E-state index contributed by atoms with van der Waals surface area (Å²) >= 11 is 7.18. The molecule has 4 aromatic rings. The van der Waals surface area contributed by atoms with Crippen molar-refractivity contribution in [1.29, 1.82) is 0 Å². The maximum absolute atomic E-state index is 12.6. The highest BCUT2D eigenvalue weighted by Gasteiger charge is 2.42. The molecular formula is C33H38ClN5O3. The van der Waals surface area contributed by atoms with Gasteiger partial charge in [0.25, 0.3) is 0 Å². The third kappa shape index (κ3) is 5.39. The molecule has 2 fully saturated rings. The fourth-order valence-electron chi connectivity index (χ4n) is 6.79. The largest absolute Gasteiger partial charge is 0.481 e. The summed E-state index contributed by atoms with van der Waals surface area (Å²) in [5, 5.41) is 18.4. The summed E-state index contributed by atoms with van der Waals surface area (Å²) in [7, 11) is 1.63. The summed E-state index contributed by atoms with van der Waals surface area (Å²) in [6, 6.07) is 18.1. The highest BCUT2D eigenvalue weighted by Crippen LogP contribution is 2.44. The van der Waals surface area contributed by atoms with E-state index >= 15 is 0 Å². The number of aromatic nitrogens is 3. The van der Waals surface area contributed by atoms with Gasteiger partial charge in [-0.25, -0.2) is 4.98 Å². The van der Waals surface area contributed by atoms with Crippen molar-refractivity contribution in [3.8, 4) is 5.88 Å². The van der Waals surface area contributed by atoms with E-state index in [0.29, 0.717) is 49.4 Å². The lowest BCUT2D eigenvalue weighted by molar-refractivity contribution is -0.131. The lowest BCUT2D eigenvalue weighted by Crippen LogP contribution is -2.45. The van der Waals surface area contributed by atoms with Crippen LogP contribution in [0.25, 0.3) is 10.9 Å². The Kier molecular flexibility index (Phi) is 8.21. The number of amides is 1. The molecule has 0 radical (unpaired) electrons. The standard InChI is InChI=1S/C33H38ClN5O3/c1-23(40)38-19-11-25(12-20-38)33(41,24-7-4-3-5-8-24)26-9-10-30-28(21-26)31(34)29(32(36-30)42-2)22-37-17-13-27(14-18-37)39-16-6-15-35-39/h3-10,15-16,21,25,27,41H,11-14,17-20,22H2,1-2H3/t33-/m1/s1. The first-order valence-corrected chi connectivity index (χ1v) is 15.2. The number of carbonyl (C=O) groups excluding carboxylic acids is 1. The molecule has 1 N–H and O–H groups in total. The van der Waals surface area contributed by atoms with E-state index in [4.69, 9.17) is 21.3 Å². The topological polar surface area (TPSA) is 83.7 Å². The van der Waals surface area contributed by atoms with Crippen LogP contribution in [0, 0.1) is 5.92 Å². The summed E-state index contributed by atoms with van der Waals surface area (Å²) < 4.78 is 7.79. The number of pyridine rings is 1.